The summed E-state index contributed by atoms with van der Waals surface area (Å²) in [5.74, 6) is 0.379. The molecule has 1 saturated heterocycles. The zero-order valence-electron chi connectivity index (χ0n) is 17.9. The molecule has 7 heteroatoms. The molecule has 0 bridgehead atoms. The van der Waals surface area contributed by atoms with E-state index < -0.39 is 0 Å². The third-order valence-electron chi connectivity index (χ3n) is 5.83. The lowest BCUT2D eigenvalue weighted by Crippen LogP contribution is -2.46. The zero-order valence-corrected chi connectivity index (χ0v) is 20.4. The van der Waals surface area contributed by atoms with E-state index in [1.165, 1.54) is 41.7 Å². The molecular weight excluding hydrogens is 432 g/mol. The first-order chi connectivity index (χ1) is 14.6. The normalized spacial score (nSPS) is 15.7. The Morgan fingerprint density at radius 3 is 2.50 bits per heavy atom. The van der Waals surface area contributed by atoms with Gasteiger partial charge in [-0.25, -0.2) is 0 Å². The van der Waals surface area contributed by atoms with Crippen LogP contribution in [0.1, 0.15) is 50.2 Å². The quantitative estimate of drug-likeness (QED) is 0.259. The van der Waals surface area contributed by atoms with Crippen LogP contribution in [-0.4, -0.2) is 59.3 Å². The van der Waals surface area contributed by atoms with E-state index in [2.05, 4.69) is 22.8 Å². The van der Waals surface area contributed by atoms with Crippen LogP contribution in [-0.2, 0) is 13.0 Å². The second kappa shape index (κ2) is 12.3. The Hall–Kier alpha value is -0.830. The molecule has 1 aliphatic rings. The van der Waals surface area contributed by atoms with Gasteiger partial charge in [-0.2, -0.15) is 0 Å². The predicted octanol–water partition coefficient (Wildman–Crippen LogP) is 5.53. The number of aromatic hydroxyl groups is 1. The van der Waals surface area contributed by atoms with Crippen LogP contribution in [0.25, 0.3) is 10.4 Å². The fourth-order valence-corrected chi connectivity index (χ4v) is 7.00. The Labute approximate surface area is 193 Å². The predicted molar refractivity (Wildman–Crippen MR) is 131 cm³/mol. The third kappa shape index (κ3) is 6.58. The molecule has 1 aromatic carbocycles. The minimum absolute atomic E-state index is 0.261. The van der Waals surface area contributed by atoms with Crippen molar-refractivity contribution < 1.29 is 10.2 Å². The molecule has 1 aliphatic heterocycles. The second-order valence-electron chi connectivity index (χ2n) is 8.11. The van der Waals surface area contributed by atoms with Gasteiger partial charge in [-0.05, 0) is 48.6 Å². The highest BCUT2D eigenvalue weighted by Gasteiger charge is 2.19. The van der Waals surface area contributed by atoms with E-state index in [1.807, 2.05) is 12.1 Å². The summed E-state index contributed by atoms with van der Waals surface area (Å²) in [6.45, 7) is 8.28. The molecule has 2 heterocycles. The highest BCUT2D eigenvalue weighted by atomic mass is 32.9. The maximum Gasteiger partial charge on any atom is 0.120 e. The summed E-state index contributed by atoms with van der Waals surface area (Å²) >= 11 is 5.63. The van der Waals surface area contributed by atoms with Crippen molar-refractivity contribution in [1.29, 1.82) is 0 Å². The minimum Gasteiger partial charge on any atom is -0.508 e. The molecule has 0 atom stereocenters. The molecule has 166 valence electrons. The van der Waals surface area contributed by atoms with Crippen molar-refractivity contribution >= 4 is 32.9 Å². The number of phenolic OH excluding ortho intramolecular Hbond substituents is 1. The number of benzene rings is 1. The van der Waals surface area contributed by atoms with E-state index in [4.69, 9.17) is 17.3 Å². The fraction of sp³-hybridized carbons (Fsp3) is 0.609. The largest absolute Gasteiger partial charge is 0.508 e. The van der Waals surface area contributed by atoms with Crippen molar-refractivity contribution in [2.24, 2.45) is 0 Å². The Balaban J connectivity index is 1.67. The summed E-state index contributed by atoms with van der Waals surface area (Å²) in [6.07, 6.45) is 6.88. The second-order valence-corrected chi connectivity index (χ2v) is 10.9. The monoisotopic (exact) mass is 466 g/mol. The molecule has 0 spiro atoms. The number of piperazine rings is 1. The number of phenols is 1. The summed E-state index contributed by atoms with van der Waals surface area (Å²) in [6, 6.07) is 6.04. The SMILES string of the molecule is CCCCCCc1c(-c2ccc(O)c(CN3CCN(CCCO)CC3)c2)ssc1=S. The zero-order chi connectivity index (χ0) is 21.3. The van der Waals surface area contributed by atoms with E-state index >= 15 is 0 Å². The number of aliphatic hydroxyl groups is 1. The first-order valence-corrected chi connectivity index (χ1v) is 13.7. The average Bonchev–Trinajstić information content (AvgIpc) is 3.12. The number of rotatable bonds is 11. The summed E-state index contributed by atoms with van der Waals surface area (Å²) in [7, 11) is 3.48. The Morgan fingerprint density at radius 2 is 1.77 bits per heavy atom. The van der Waals surface area contributed by atoms with Crippen LogP contribution in [0.4, 0.5) is 0 Å². The van der Waals surface area contributed by atoms with Crippen molar-refractivity contribution in [2.75, 3.05) is 39.3 Å². The summed E-state index contributed by atoms with van der Waals surface area (Å²) < 4.78 is 1.03. The number of aliphatic hydroxyl groups excluding tert-OH is 1. The van der Waals surface area contributed by atoms with Crippen molar-refractivity contribution in [1.82, 2.24) is 9.80 Å². The van der Waals surface area contributed by atoms with Crippen LogP contribution in [0, 0.1) is 3.82 Å². The van der Waals surface area contributed by atoms with Crippen LogP contribution < -0.4 is 0 Å². The maximum atomic E-state index is 10.5. The number of nitrogens with zero attached hydrogens (tertiary/aromatic N) is 2. The van der Waals surface area contributed by atoms with Crippen molar-refractivity contribution in [2.45, 2.75) is 52.0 Å². The molecular formula is C23H34N2O2S3. The first kappa shape index (κ1) is 23.8. The van der Waals surface area contributed by atoms with Gasteiger partial charge < -0.3 is 15.1 Å². The van der Waals surface area contributed by atoms with Crippen LogP contribution in [0.15, 0.2) is 18.2 Å². The molecule has 0 saturated carbocycles. The molecule has 2 aromatic rings. The van der Waals surface area contributed by atoms with Crippen molar-refractivity contribution in [3.8, 4) is 16.2 Å². The van der Waals surface area contributed by atoms with Gasteiger partial charge in [-0.3, -0.25) is 4.90 Å². The minimum atomic E-state index is 0.261. The molecule has 4 nitrogen and oxygen atoms in total. The molecule has 1 fully saturated rings. The summed E-state index contributed by atoms with van der Waals surface area (Å²) in [4.78, 5) is 6.11. The summed E-state index contributed by atoms with van der Waals surface area (Å²) in [5.41, 5.74) is 3.51. The van der Waals surface area contributed by atoms with Crippen molar-refractivity contribution in [3.63, 3.8) is 0 Å². The van der Waals surface area contributed by atoms with Crippen LogP contribution in [0.3, 0.4) is 0 Å². The van der Waals surface area contributed by atoms with E-state index in [1.54, 1.807) is 20.7 Å². The van der Waals surface area contributed by atoms with Gasteiger partial charge in [0.25, 0.3) is 0 Å². The van der Waals surface area contributed by atoms with Gasteiger partial charge >= 0.3 is 0 Å². The Morgan fingerprint density at radius 1 is 1.00 bits per heavy atom. The van der Waals surface area contributed by atoms with Gasteiger partial charge in [0.1, 0.15) is 9.57 Å². The highest BCUT2D eigenvalue weighted by molar-refractivity contribution is 7.80. The molecule has 1 aromatic heterocycles. The van der Waals surface area contributed by atoms with E-state index in [9.17, 15) is 5.11 Å². The van der Waals surface area contributed by atoms with Crippen LogP contribution >= 0.6 is 32.9 Å². The molecule has 3 rings (SSSR count). The van der Waals surface area contributed by atoms with Crippen LogP contribution in [0.5, 0.6) is 5.75 Å². The smallest absolute Gasteiger partial charge is 0.120 e. The third-order valence-corrected chi connectivity index (χ3v) is 9.03. The van der Waals surface area contributed by atoms with Gasteiger partial charge in [0.2, 0.25) is 0 Å². The van der Waals surface area contributed by atoms with Crippen molar-refractivity contribution in [3.05, 3.63) is 33.1 Å². The number of hydrogen-bond acceptors (Lipinski definition) is 7. The highest BCUT2D eigenvalue weighted by Crippen LogP contribution is 2.37. The standard InChI is InChI=1S/C23H34N2O2S3/c1-2-3-4-5-7-20-22(29-30-23(20)28)18-8-9-21(27)19(16-18)17-25-13-11-24(12-14-25)10-6-15-26/h8-9,16,26-27H,2-7,10-15,17H2,1H3. The molecule has 30 heavy (non-hydrogen) atoms. The fourth-order valence-electron chi connectivity index (χ4n) is 4.00. The first-order valence-electron chi connectivity index (χ1n) is 11.1. The Bertz CT molecular complexity index is 841. The molecule has 0 radical (unpaired) electrons. The summed E-state index contributed by atoms with van der Waals surface area (Å²) in [5, 5.41) is 19.5. The lowest BCUT2D eigenvalue weighted by Gasteiger charge is -2.34. The Kier molecular flexibility index (Phi) is 9.74. The van der Waals surface area contributed by atoms with Crippen LogP contribution in [0.2, 0.25) is 0 Å². The van der Waals surface area contributed by atoms with Gasteiger partial charge in [0.05, 0.1) is 4.88 Å². The van der Waals surface area contributed by atoms with Gasteiger partial charge in [0.15, 0.2) is 0 Å². The average molecular weight is 467 g/mol. The lowest BCUT2D eigenvalue weighted by atomic mass is 10.0. The topological polar surface area (TPSA) is 46.9 Å². The lowest BCUT2D eigenvalue weighted by molar-refractivity contribution is 0.119. The van der Waals surface area contributed by atoms with E-state index in [0.717, 1.165) is 61.5 Å². The number of hydrogen-bond donors (Lipinski definition) is 2. The van der Waals surface area contributed by atoms with E-state index in [-0.39, 0.29) is 6.61 Å². The van der Waals surface area contributed by atoms with Gasteiger partial charge in [-0.1, -0.05) is 59.1 Å². The maximum absolute atomic E-state index is 10.5. The molecule has 0 amide bonds. The van der Waals surface area contributed by atoms with Gasteiger partial charge in [-0.15, -0.1) is 0 Å². The van der Waals surface area contributed by atoms with Gasteiger partial charge in [0, 0.05) is 51.4 Å². The molecule has 0 unspecified atom stereocenters. The van der Waals surface area contributed by atoms with E-state index in [0.29, 0.717) is 5.75 Å². The number of unbranched alkanes of at least 4 members (excludes halogenated alkanes) is 3. The molecule has 2 N–H and O–H groups in total. The molecule has 0 aliphatic carbocycles.